The summed E-state index contributed by atoms with van der Waals surface area (Å²) in [7, 11) is 0. The Bertz CT molecular complexity index is 1280. The van der Waals surface area contributed by atoms with E-state index in [1.54, 1.807) is 29.2 Å². The standard InChI is InChI=1S/C28H37N7O6/c1-20-5-10-24(41-20)27-30-32-35(31-27)19-25(37)34(12-3-11-33-13-16-39-17-14-33)26(21-6-8-22(36)9-7-21)28(38)29-18-23-4-2-15-40-23/h5-10,23,26,36H,2-4,11-19H2,1H3,(H,29,38)/t23-,26-/m0/s1. The molecule has 2 atom stereocenters. The summed E-state index contributed by atoms with van der Waals surface area (Å²) >= 11 is 0. The molecule has 2 saturated heterocycles. The second-order valence-electron chi connectivity index (χ2n) is 10.3. The molecule has 220 valence electrons. The topological polar surface area (TPSA) is 148 Å². The van der Waals surface area contributed by atoms with Gasteiger partial charge in [0.1, 0.15) is 24.1 Å². The third-order valence-electron chi connectivity index (χ3n) is 7.28. The van der Waals surface area contributed by atoms with E-state index < -0.39 is 6.04 Å². The highest BCUT2D eigenvalue weighted by atomic mass is 16.5. The summed E-state index contributed by atoms with van der Waals surface area (Å²) in [6.45, 7) is 6.75. The summed E-state index contributed by atoms with van der Waals surface area (Å²) in [5.41, 5.74) is 0.589. The number of phenolic OH excluding ortho intramolecular Hbond substituents is 1. The number of nitrogens with one attached hydrogen (secondary N) is 1. The first-order chi connectivity index (χ1) is 20.0. The Hall–Kier alpha value is -3.81. The molecule has 4 heterocycles. The van der Waals surface area contributed by atoms with Gasteiger partial charge >= 0.3 is 0 Å². The second-order valence-corrected chi connectivity index (χ2v) is 10.3. The molecule has 0 bridgehead atoms. The third-order valence-corrected chi connectivity index (χ3v) is 7.28. The highest BCUT2D eigenvalue weighted by Crippen LogP contribution is 2.25. The van der Waals surface area contributed by atoms with Crippen LogP contribution >= 0.6 is 0 Å². The van der Waals surface area contributed by atoms with Crippen LogP contribution in [0.4, 0.5) is 0 Å². The highest BCUT2D eigenvalue weighted by Gasteiger charge is 2.32. The Morgan fingerprint density at radius 1 is 1.15 bits per heavy atom. The van der Waals surface area contributed by atoms with E-state index in [9.17, 15) is 14.7 Å². The molecule has 3 aromatic rings. The lowest BCUT2D eigenvalue weighted by molar-refractivity contribution is -0.142. The summed E-state index contributed by atoms with van der Waals surface area (Å²) in [6.07, 6.45) is 2.44. The molecule has 0 unspecified atom stereocenters. The Morgan fingerprint density at radius 2 is 1.95 bits per heavy atom. The van der Waals surface area contributed by atoms with E-state index in [0.717, 1.165) is 32.5 Å². The van der Waals surface area contributed by atoms with E-state index in [4.69, 9.17) is 13.9 Å². The number of benzene rings is 1. The lowest BCUT2D eigenvalue weighted by Crippen LogP contribution is -2.47. The third kappa shape index (κ3) is 7.69. The second kappa shape index (κ2) is 13.7. The van der Waals surface area contributed by atoms with Crippen LogP contribution in [0.15, 0.2) is 40.8 Å². The van der Waals surface area contributed by atoms with Crippen molar-refractivity contribution in [2.24, 2.45) is 0 Å². The van der Waals surface area contributed by atoms with Crippen molar-refractivity contribution in [1.82, 2.24) is 35.3 Å². The lowest BCUT2D eigenvalue weighted by Gasteiger charge is -2.33. The van der Waals surface area contributed by atoms with Crippen molar-refractivity contribution in [2.45, 2.75) is 44.9 Å². The monoisotopic (exact) mass is 567 g/mol. The molecule has 0 spiro atoms. The predicted octanol–water partition coefficient (Wildman–Crippen LogP) is 1.53. The van der Waals surface area contributed by atoms with Crippen molar-refractivity contribution in [3.63, 3.8) is 0 Å². The molecule has 0 saturated carbocycles. The number of ether oxygens (including phenoxy) is 2. The van der Waals surface area contributed by atoms with Crippen molar-refractivity contribution >= 4 is 11.8 Å². The zero-order valence-corrected chi connectivity index (χ0v) is 23.3. The number of aryl methyl sites for hydroxylation is 1. The van der Waals surface area contributed by atoms with Gasteiger partial charge in [-0.1, -0.05) is 12.1 Å². The fourth-order valence-corrected chi connectivity index (χ4v) is 5.11. The van der Waals surface area contributed by atoms with Crippen molar-refractivity contribution in [3.05, 3.63) is 47.7 Å². The van der Waals surface area contributed by atoms with E-state index in [1.165, 1.54) is 16.9 Å². The number of morpholine rings is 1. The number of carbonyl (C=O) groups is 2. The van der Waals surface area contributed by atoms with Crippen LogP contribution < -0.4 is 5.32 Å². The van der Waals surface area contributed by atoms with Crippen molar-refractivity contribution in [1.29, 1.82) is 0 Å². The fraction of sp³-hybridized carbons (Fsp3) is 0.536. The van der Waals surface area contributed by atoms with Gasteiger partial charge < -0.3 is 29.2 Å². The SMILES string of the molecule is Cc1ccc(-c2nnn(CC(=O)N(CCCN3CCOCC3)[C@H](C(=O)NC[C@@H]3CCCO3)c3ccc(O)cc3)n2)o1. The average Bonchev–Trinajstić information content (AvgIpc) is 3.75. The van der Waals surface area contributed by atoms with Gasteiger partial charge in [-0.3, -0.25) is 14.5 Å². The van der Waals surface area contributed by atoms with Crippen molar-refractivity contribution in [3.8, 4) is 17.3 Å². The average molecular weight is 568 g/mol. The molecule has 41 heavy (non-hydrogen) atoms. The number of nitrogens with zero attached hydrogens (tertiary/aromatic N) is 6. The molecule has 0 radical (unpaired) electrons. The van der Waals surface area contributed by atoms with Crippen LogP contribution in [-0.2, 0) is 25.6 Å². The van der Waals surface area contributed by atoms with E-state index in [1.807, 2.05) is 6.92 Å². The summed E-state index contributed by atoms with van der Waals surface area (Å²) < 4.78 is 16.7. The number of aromatic hydroxyl groups is 1. The van der Waals surface area contributed by atoms with Crippen LogP contribution in [0.3, 0.4) is 0 Å². The first-order valence-corrected chi connectivity index (χ1v) is 14.1. The summed E-state index contributed by atoms with van der Waals surface area (Å²) in [5.74, 6) is 0.865. The lowest BCUT2D eigenvalue weighted by atomic mass is 10.0. The molecule has 13 nitrogen and oxygen atoms in total. The van der Waals surface area contributed by atoms with Gasteiger partial charge in [-0.25, -0.2) is 0 Å². The first-order valence-electron chi connectivity index (χ1n) is 14.1. The fourth-order valence-electron chi connectivity index (χ4n) is 5.11. The van der Waals surface area contributed by atoms with Crippen LogP contribution in [0.5, 0.6) is 5.75 Å². The minimum Gasteiger partial charge on any atom is -0.508 e. The largest absolute Gasteiger partial charge is 0.508 e. The molecular formula is C28H37N7O6. The minimum absolute atomic E-state index is 0.0482. The first kappa shape index (κ1) is 28.7. The van der Waals surface area contributed by atoms with E-state index >= 15 is 0 Å². The number of phenols is 1. The molecule has 2 amide bonds. The summed E-state index contributed by atoms with van der Waals surface area (Å²) in [6, 6.07) is 8.98. The maximum absolute atomic E-state index is 13.9. The van der Waals surface area contributed by atoms with Crippen LogP contribution in [0, 0.1) is 6.92 Å². The molecule has 1 aromatic carbocycles. The number of carbonyl (C=O) groups excluding carboxylic acids is 2. The van der Waals surface area contributed by atoms with E-state index in [2.05, 4.69) is 25.6 Å². The Labute approximate surface area is 238 Å². The predicted molar refractivity (Wildman–Crippen MR) is 147 cm³/mol. The van der Waals surface area contributed by atoms with Crippen LogP contribution in [0.25, 0.3) is 11.6 Å². The van der Waals surface area contributed by atoms with Gasteiger partial charge in [0.25, 0.3) is 0 Å². The minimum atomic E-state index is -0.926. The Kier molecular flexibility index (Phi) is 9.59. The van der Waals surface area contributed by atoms with Crippen LogP contribution in [-0.4, -0.2) is 106 Å². The number of furan rings is 1. The number of hydrogen-bond donors (Lipinski definition) is 2. The number of tetrazole rings is 1. The van der Waals surface area contributed by atoms with Crippen LogP contribution in [0.2, 0.25) is 0 Å². The summed E-state index contributed by atoms with van der Waals surface area (Å²) in [4.78, 5) is 32.7. The number of aromatic nitrogens is 4. The quantitative estimate of drug-likeness (QED) is 0.330. The molecule has 2 aliphatic heterocycles. The van der Waals surface area contributed by atoms with Crippen molar-refractivity contribution < 1.29 is 28.6 Å². The van der Waals surface area contributed by atoms with Crippen LogP contribution in [0.1, 0.15) is 36.6 Å². The molecule has 13 heteroatoms. The van der Waals surface area contributed by atoms with Gasteiger partial charge in [-0.2, -0.15) is 4.80 Å². The van der Waals surface area contributed by atoms with Gasteiger partial charge in [0, 0.05) is 39.3 Å². The molecule has 5 rings (SSSR count). The highest BCUT2D eigenvalue weighted by molar-refractivity contribution is 5.88. The number of rotatable bonds is 12. The maximum Gasteiger partial charge on any atom is 0.247 e. The molecule has 2 N–H and O–H groups in total. The number of hydrogen-bond acceptors (Lipinski definition) is 10. The molecule has 0 aliphatic carbocycles. The van der Waals surface area contributed by atoms with E-state index in [-0.39, 0.29) is 36.0 Å². The van der Waals surface area contributed by atoms with Crippen molar-refractivity contribution in [2.75, 3.05) is 52.5 Å². The molecular weight excluding hydrogens is 530 g/mol. The van der Waals surface area contributed by atoms with Gasteiger partial charge in [-0.15, -0.1) is 10.2 Å². The normalized spacial score (nSPS) is 18.3. The summed E-state index contributed by atoms with van der Waals surface area (Å²) in [5, 5.41) is 25.3. The zero-order valence-electron chi connectivity index (χ0n) is 23.3. The van der Waals surface area contributed by atoms with Gasteiger partial charge in [0.2, 0.25) is 17.6 Å². The van der Waals surface area contributed by atoms with Gasteiger partial charge in [0.15, 0.2) is 5.76 Å². The number of amides is 2. The molecule has 2 aliphatic rings. The Balaban J connectivity index is 1.36. The van der Waals surface area contributed by atoms with Gasteiger partial charge in [0.05, 0.1) is 19.3 Å². The maximum atomic E-state index is 13.9. The Morgan fingerprint density at radius 3 is 2.66 bits per heavy atom. The molecule has 2 fully saturated rings. The zero-order chi connectivity index (χ0) is 28.6. The smallest absolute Gasteiger partial charge is 0.247 e. The van der Waals surface area contributed by atoms with Gasteiger partial charge in [-0.05, 0) is 61.2 Å². The molecule has 2 aromatic heterocycles. The van der Waals surface area contributed by atoms with E-state index in [0.29, 0.717) is 56.4 Å².